The van der Waals surface area contributed by atoms with E-state index in [4.69, 9.17) is 16.3 Å². The van der Waals surface area contributed by atoms with Crippen molar-refractivity contribution in [1.29, 1.82) is 0 Å². The molecule has 0 aromatic heterocycles. The molecule has 0 spiro atoms. The van der Waals surface area contributed by atoms with Crippen LogP contribution in [0.5, 0.6) is 0 Å². The van der Waals surface area contributed by atoms with Gasteiger partial charge in [0.25, 0.3) is 0 Å². The fourth-order valence-corrected chi connectivity index (χ4v) is 3.74. The summed E-state index contributed by atoms with van der Waals surface area (Å²) < 4.78 is 5.55. The van der Waals surface area contributed by atoms with E-state index in [1.54, 1.807) is 4.90 Å². The number of ether oxygens (including phenoxy) is 1. The molecule has 0 bridgehead atoms. The predicted molar refractivity (Wildman–Crippen MR) is 106 cm³/mol. The van der Waals surface area contributed by atoms with Crippen molar-refractivity contribution in [2.24, 2.45) is 0 Å². The van der Waals surface area contributed by atoms with E-state index in [0.717, 1.165) is 31.2 Å². The highest BCUT2D eigenvalue weighted by atomic mass is 35.5. The van der Waals surface area contributed by atoms with Gasteiger partial charge in [-0.25, -0.2) is 4.79 Å². The van der Waals surface area contributed by atoms with Crippen molar-refractivity contribution in [3.8, 4) is 0 Å². The minimum atomic E-state index is -0.570. The van der Waals surface area contributed by atoms with E-state index < -0.39 is 11.6 Å². The van der Waals surface area contributed by atoms with Crippen LogP contribution in [0.2, 0.25) is 5.02 Å². The number of rotatable bonds is 4. The number of piperidine rings is 1. The third-order valence-corrected chi connectivity index (χ3v) is 5.16. The second-order valence-corrected chi connectivity index (χ2v) is 8.95. The van der Waals surface area contributed by atoms with E-state index in [9.17, 15) is 9.59 Å². The van der Waals surface area contributed by atoms with Crippen molar-refractivity contribution in [1.82, 2.24) is 9.80 Å². The second kappa shape index (κ2) is 8.09. The van der Waals surface area contributed by atoms with Gasteiger partial charge >= 0.3 is 6.09 Å². The smallest absolute Gasteiger partial charge is 0.410 e. The van der Waals surface area contributed by atoms with Gasteiger partial charge in [-0.15, -0.1) is 0 Å². The molecule has 1 aliphatic heterocycles. The number of hydrogen-bond donors (Lipinski definition) is 0. The van der Waals surface area contributed by atoms with Crippen LogP contribution >= 0.6 is 11.6 Å². The van der Waals surface area contributed by atoms with Crippen molar-refractivity contribution in [2.75, 3.05) is 6.54 Å². The molecule has 2 aliphatic rings. The minimum absolute atomic E-state index is 0.0306. The SMILES string of the molecule is CC(C)(C)OC(=O)N1CCCC[C@@H]1C(=O)N(Cc1cccc(Cl)c1)C1CC1. The lowest BCUT2D eigenvalue weighted by molar-refractivity contribution is -0.139. The number of nitrogens with zero attached hydrogens (tertiary/aromatic N) is 2. The van der Waals surface area contributed by atoms with Crippen LogP contribution in [0.1, 0.15) is 58.4 Å². The lowest BCUT2D eigenvalue weighted by Gasteiger charge is -2.38. The van der Waals surface area contributed by atoms with Gasteiger partial charge in [0.05, 0.1) is 0 Å². The Bertz CT molecular complexity index is 697. The molecule has 5 nitrogen and oxygen atoms in total. The highest BCUT2D eigenvalue weighted by Crippen LogP contribution is 2.32. The summed E-state index contributed by atoms with van der Waals surface area (Å²) in [6.45, 7) is 6.65. The van der Waals surface area contributed by atoms with Crippen molar-refractivity contribution >= 4 is 23.6 Å². The zero-order chi connectivity index (χ0) is 19.6. The van der Waals surface area contributed by atoms with Gasteiger partial charge in [-0.2, -0.15) is 0 Å². The first kappa shape index (κ1) is 20.0. The maximum absolute atomic E-state index is 13.4. The Morgan fingerprint density at radius 1 is 1.22 bits per heavy atom. The van der Waals surface area contributed by atoms with Gasteiger partial charge in [0.1, 0.15) is 11.6 Å². The molecule has 27 heavy (non-hydrogen) atoms. The molecule has 1 atom stereocenters. The number of benzene rings is 1. The maximum Gasteiger partial charge on any atom is 0.410 e. The zero-order valence-electron chi connectivity index (χ0n) is 16.4. The van der Waals surface area contributed by atoms with Crippen molar-refractivity contribution < 1.29 is 14.3 Å². The summed E-state index contributed by atoms with van der Waals surface area (Å²) in [5.74, 6) is 0.0306. The first-order chi connectivity index (χ1) is 12.7. The van der Waals surface area contributed by atoms with Crippen LogP contribution in [0.15, 0.2) is 24.3 Å². The summed E-state index contributed by atoms with van der Waals surface area (Å²) in [5.41, 5.74) is 0.446. The summed E-state index contributed by atoms with van der Waals surface area (Å²) in [6, 6.07) is 7.45. The van der Waals surface area contributed by atoms with Crippen LogP contribution in [-0.4, -0.2) is 46.0 Å². The third kappa shape index (κ3) is 5.38. The quantitative estimate of drug-likeness (QED) is 0.751. The molecule has 0 unspecified atom stereocenters. The number of hydrogen-bond acceptors (Lipinski definition) is 3. The molecule has 1 saturated carbocycles. The minimum Gasteiger partial charge on any atom is -0.444 e. The molecule has 148 valence electrons. The summed E-state index contributed by atoms with van der Waals surface area (Å²) in [6.07, 6.45) is 4.19. The number of halogens is 1. The highest BCUT2D eigenvalue weighted by molar-refractivity contribution is 6.30. The summed E-state index contributed by atoms with van der Waals surface area (Å²) in [5, 5.41) is 0.670. The average Bonchev–Trinajstić information content (AvgIpc) is 3.42. The Hall–Kier alpha value is -1.75. The molecule has 1 aromatic carbocycles. The van der Waals surface area contributed by atoms with E-state index in [2.05, 4.69) is 0 Å². The largest absolute Gasteiger partial charge is 0.444 e. The van der Waals surface area contributed by atoms with Crippen LogP contribution in [0.4, 0.5) is 4.79 Å². The average molecular weight is 393 g/mol. The number of likely N-dealkylation sites (tertiary alicyclic amines) is 1. The van der Waals surface area contributed by atoms with Crippen LogP contribution in [-0.2, 0) is 16.1 Å². The van der Waals surface area contributed by atoms with E-state index in [0.29, 0.717) is 24.5 Å². The van der Waals surface area contributed by atoms with Gasteiger partial charge in [-0.1, -0.05) is 23.7 Å². The summed E-state index contributed by atoms with van der Waals surface area (Å²) in [4.78, 5) is 29.6. The molecule has 0 radical (unpaired) electrons. The zero-order valence-corrected chi connectivity index (χ0v) is 17.2. The number of carbonyl (C=O) groups excluding carboxylic acids is 2. The Morgan fingerprint density at radius 2 is 1.96 bits per heavy atom. The van der Waals surface area contributed by atoms with Gasteiger partial charge in [0.2, 0.25) is 5.91 Å². The molecule has 2 fully saturated rings. The molecule has 3 rings (SSSR count). The Morgan fingerprint density at radius 3 is 2.59 bits per heavy atom. The molecule has 1 aromatic rings. The highest BCUT2D eigenvalue weighted by Gasteiger charge is 2.41. The van der Waals surface area contributed by atoms with Gasteiger partial charge in [0.15, 0.2) is 0 Å². The van der Waals surface area contributed by atoms with E-state index in [1.165, 1.54) is 0 Å². The lowest BCUT2D eigenvalue weighted by Crippen LogP contribution is -2.54. The Labute approximate surface area is 166 Å². The third-order valence-electron chi connectivity index (χ3n) is 4.93. The van der Waals surface area contributed by atoms with Crippen molar-refractivity contribution in [3.05, 3.63) is 34.9 Å². The normalized spacial score (nSPS) is 20.3. The fraction of sp³-hybridized carbons (Fsp3) is 0.619. The van der Waals surface area contributed by atoms with Gasteiger partial charge < -0.3 is 9.64 Å². The van der Waals surface area contributed by atoms with Crippen LogP contribution in [0, 0.1) is 0 Å². The van der Waals surface area contributed by atoms with Gasteiger partial charge in [-0.05, 0) is 70.6 Å². The van der Waals surface area contributed by atoms with Crippen molar-refractivity contribution in [2.45, 2.75) is 77.1 Å². The van der Waals surface area contributed by atoms with Crippen molar-refractivity contribution in [3.63, 3.8) is 0 Å². The standard InChI is InChI=1S/C21H29ClN2O3/c1-21(2,3)27-20(26)23-12-5-4-9-18(23)19(25)24(17-10-11-17)14-15-7-6-8-16(22)13-15/h6-8,13,17-18H,4-5,9-12,14H2,1-3H3/t18-/m1/s1. The van der Waals surface area contributed by atoms with E-state index >= 15 is 0 Å². The predicted octanol–water partition coefficient (Wildman–Crippen LogP) is 4.62. The molecular weight excluding hydrogens is 364 g/mol. The van der Waals surface area contributed by atoms with Crippen LogP contribution in [0.25, 0.3) is 0 Å². The maximum atomic E-state index is 13.4. The molecule has 1 heterocycles. The summed E-state index contributed by atoms with van der Waals surface area (Å²) >= 11 is 6.11. The first-order valence-electron chi connectivity index (χ1n) is 9.79. The van der Waals surface area contributed by atoms with Gasteiger partial charge in [0, 0.05) is 24.2 Å². The topological polar surface area (TPSA) is 49.9 Å². The molecule has 1 aliphatic carbocycles. The van der Waals surface area contributed by atoms with E-state index in [-0.39, 0.29) is 18.0 Å². The number of amides is 2. The molecule has 1 saturated heterocycles. The van der Waals surface area contributed by atoms with Crippen LogP contribution in [0.3, 0.4) is 0 Å². The van der Waals surface area contributed by atoms with E-state index in [1.807, 2.05) is 49.9 Å². The first-order valence-corrected chi connectivity index (χ1v) is 10.2. The Kier molecular flexibility index (Phi) is 5.99. The lowest BCUT2D eigenvalue weighted by atomic mass is 10.0. The molecule has 6 heteroatoms. The molecular formula is C21H29ClN2O3. The molecule has 2 amide bonds. The monoisotopic (exact) mass is 392 g/mol. The second-order valence-electron chi connectivity index (χ2n) is 8.51. The number of carbonyl (C=O) groups is 2. The molecule has 0 N–H and O–H groups in total. The van der Waals surface area contributed by atoms with Gasteiger partial charge in [-0.3, -0.25) is 9.69 Å². The van der Waals surface area contributed by atoms with Crippen LogP contribution < -0.4 is 0 Å². The summed E-state index contributed by atoms with van der Waals surface area (Å²) in [7, 11) is 0. The fourth-order valence-electron chi connectivity index (χ4n) is 3.52. The Balaban J connectivity index is 1.76.